The van der Waals surface area contributed by atoms with Crippen molar-refractivity contribution in [3.63, 3.8) is 0 Å². The van der Waals surface area contributed by atoms with Crippen molar-refractivity contribution in [3.8, 4) is 11.5 Å². The zero-order chi connectivity index (χ0) is 15.9. The lowest BCUT2D eigenvalue weighted by molar-refractivity contribution is -0.00000552. The fourth-order valence-electron chi connectivity index (χ4n) is 2.23. The summed E-state index contributed by atoms with van der Waals surface area (Å²) < 4.78 is 24.0. The van der Waals surface area contributed by atoms with Crippen molar-refractivity contribution >= 4 is 11.6 Å². The SMILES string of the molecule is COc1cc(CNCCc2ccccc2F)cc(Cl)c1OC.[Cl-]. The molecule has 0 aliphatic rings. The quantitative estimate of drug-likeness (QED) is 0.743. The highest BCUT2D eigenvalue weighted by Crippen LogP contribution is 2.35. The predicted octanol–water partition coefficient (Wildman–Crippen LogP) is 0.833. The van der Waals surface area contributed by atoms with Gasteiger partial charge < -0.3 is 27.2 Å². The number of ether oxygens (including phenoxy) is 2. The Balaban J connectivity index is 0.00000264. The fourth-order valence-corrected chi connectivity index (χ4v) is 2.54. The Labute approximate surface area is 147 Å². The van der Waals surface area contributed by atoms with Crippen LogP contribution in [0, 0.1) is 5.82 Å². The van der Waals surface area contributed by atoms with E-state index in [0.717, 1.165) is 5.56 Å². The van der Waals surface area contributed by atoms with Crippen LogP contribution in [0.4, 0.5) is 4.39 Å². The monoisotopic (exact) mass is 358 g/mol. The van der Waals surface area contributed by atoms with E-state index in [1.165, 1.54) is 6.07 Å². The first-order chi connectivity index (χ1) is 10.7. The van der Waals surface area contributed by atoms with Gasteiger partial charge in [0.05, 0.1) is 19.2 Å². The van der Waals surface area contributed by atoms with Crippen LogP contribution < -0.4 is 27.2 Å². The second-order valence-electron chi connectivity index (χ2n) is 4.83. The fraction of sp³-hybridized carbons (Fsp3) is 0.294. The Morgan fingerprint density at radius 3 is 2.52 bits per heavy atom. The molecule has 2 rings (SSSR count). The lowest BCUT2D eigenvalue weighted by atomic mass is 10.1. The number of hydrogen-bond acceptors (Lipinski definition) is 3. The summed E-state index contributed by atoms with van der Waals surface area (Å²) >= 11 is 6.16. The van der Waals surface area contributed by atoms with Crippen LogP contribution in [0.5, 0.6) is 11.5 Å². The predicted molar refractivity (Wildman–Crippen MR) is 86.4 cm³/mol. The van der Waals surface area contributed by atoms with Crippen LogP contribution in [0.25, 0.3) is 0 Å². The molecule has 0 radical (unpaired) electrons. The molecule has 2 aromatic rings. The van der Waals surface area contributed by atoms with Gasteiger partial charge in [0.15, 0.2) is 11.5 Å². The third-order valence-electron chi connectivity index (χ3n) is 3.35. The minimum atomic E-state index is -0.168. The van der Waals surface area contributed by atoms with Gasteiger partial charge in [-0.05, 0) is 42.3 Å². The summed E-state index contributed by atoms with van der Waals surface area (Å²) in [5, 5.41) is 3.78. The van der Waals surface area contributed by atoms with Gasteiger partial charge in [-0.1, -0.05) is 29.8 Å². The molecular weight excluding hydrogens is 340 g/mol. The third-order valence-corrected chi connectivity index (χ3v) is 3.63. The highest BCUT2D eigenvalue weighted by molar-refractivity contribution is 6.32. The van der Waals surface area contributed by atoms with E-state index in [4.69, 9.17) is 21.1 Å². The molecule has 2 aromatic carbocycles. The lowest BCUT2D eigenvalue weighted by Crippen LogP contribution is -3.00. The first-order valence-electron chi connectivity index (χ1n) is 7.00. The molecule has 0 atom stereocenters. The standard InChI is InChI=1S/C17H19ClFNO2.ClH/c1-21-16-10-12(9-14(18)17(16)22-2)11-20-8-7-13-5-3-4-6-15(13)19;/h3-6,9-10,20H,7-8,11H2,1-2H3;1H/p-1. The van der Waals surface area contributed by atoms with Crippen LogP contribution in [-0.4, -0.2) is 20.8 Å². The number of nitrogens with one attached hydrogen (secondary N) is 1. The van der Waals surface area contributed by atoms with Gasteiger partial charge in [-0.3, -0.25) is 0 Å². The van der Waals surface area contributed by atoms with Gasteiger partial charge in [-0.2, -0.15) is 0 Å². The minimum Gasteiger partial charge on any atom is -1.00 e. The van der Waals surface area contributed by atoms with Gasteiger partial charge in [0.25, 0.3) is 0 Å². The maximum atomic E-state index is 13.5. The lowest BCUT2D eigenvalue weighted by Gasteiger charge is -2.12. The molecule has 6 heteroatoms. The molecule has 0 aliphatic heterocycles. The van der Waals surface area contributed by atoms with Crippen LogP contribution in [0.3, 0.4) is 0 Å². The highest BCUT2D eigenvalue weighted by Gasteiger charge is 2.10. The summed E-state index contributed by atoms with van der Waals surface area (Å²) in [5.41, 5.74) is 1.69. The number of methoxy groups -OCH3 is 2. The molecule has 0 aromatic heterocycles. The van der Waals surface area contributed by atoms with Crippen molar-refractivity contribution in [1.29, 1.82) is 0 Å². The molecule has 0 amide bonds. The normalized spacial score (nSPS) is 10.1. The molecule has 0 fully saturated rings. The van der Waals surface area contributed by atoms with Gasteiger partial charge in [0.1, 0.15) is 5.82 Å². The number of rotatable bonds is 7. The van der Waals surface area contributed by atoms with Gasteiger partial charge in [-0.15, -0.1) is 0 Å². The van der Waals surface area contributed by atoms with Gasteiger partial charge in [0, 0.05) is 6.54 Å². The minimum absolute atomic E-state index is 0. The summed E-state index contributed by atoms with van der Waals surface area (Å²) in [6.07, 6.45) is 0.633. The van der Waals surface area contributed by atoms with Crippen molar-refractivity contribution in [3.05, 3.63) is 58.4 Å². The van der Waals surface area contributed by atoms with Gasteiger partial charge >= 0.3 is 0 Å². The molecule has 0 aliphatic carbocycles. The third kappa shape index (κ3) is 5.27. The summed E-state index contributed by atoms with van der Waals surface area (Å²) in [7, 11) is 3.12. The van der Waals surface area contributed by atoms with Crippen LogP contribution in [0.15, 0.2) is 36.4 Å². The molecule has 0 heterocycles. The molecule has 0 saturated carbocycles. The zero-order valence-electron chi connectivity index (χ0n) is 13.0. The van der Waals surface area contributed by atoms with Crippen molar-refractivity contribution in [2.75, 3.05) is 20.8 Å². The maximum Gasteiger partial charge on any atom is 0.179 e. The summed E-state index contributed by atoms with van der Waals surface area (Å²) in [4.78, 5) is 0. The van der Waals surface area contributed by atoms with E-state index in [9.17, 15) is 4.39 Å². The average molecular weight is 359 g/mol. The van der Waals surface area contributed by atoms with E-state index in [1.807, 2.05) is 18.2 Å². The highest BCUT2D eigenvalue weighted by atomic mass is 35.5. The Morgan fingerprint density at radius 1 is 1.13 bits per heavy atom. The van der Waals surface area contributed by atoms with Crippen LogP contribution in [-0.2, 0) is 13.0 Å². The molecule has 126 valence electrons. The van der Waals surface area contributed by atoms with Crippen LogP contribution in [0.1, 0.15) is 11.1 Å². The Bertz CT molecular complexity index is 638. The van der Waals surface area contributed by atoms with Crippen molar-refractivity contribution in [2.24, 2.45) is 0 Å². The smallest absolute Gasteiger partial charge is 0.179 e. The Kier molecular flexibility index (Phi) is 8.17. The van der Waals surface area contributed by atoms with Crippen molar-refractivity contribution in [2.45, 2.75) is 13.0 Å². The topological polar surface area (TPSA) is 30.5 Å². The molecule has 23 heavy (non-hydrogen) atoms. The van der Waals surface area contributed by atoms with E-state index >= 15 is 0 Å². The largest absolute Gasteiger partial charge is 1.00 e. The second-order valence-corrected chi connectivity index (χ2v) is 5.24. The first kappa shape index (κ1) is 19.6. The average Bonchev–Trinajstić information content (AvgIpc) is 2.52. The van der Waals surface area contributed by atoms with E-state index in [1.54, 1.807) is 26.4 Å². The van der Waals surface area contributed by atoms with Crippen LogP contribution >= 0.6 is 11.6 Å². The van der Waals surface area contributed by atoms with Crippen LogP contribution in [0.2, 0.25) is 5.02 Å². The zero-order valence-corrected chi connectivity index (χ0v) is 14.5. The molecule has 3 nitrogen and oxygen atoms in total. The second kappa shape index (κ2) is 9.60. The van der Waals surface area contributed by atoms with Crippen molar-refractivity contribution in [1.82, 2.24) is 5.32 Å². The molecule has 0 spiro atoms. The Morgan fingerprint density at radius 2 is 1.87 bits per heavy atom. The first-order valence-corrected chi connectivity index (χ1v) is 7.38. The molecule has 0 unspecified atom stereocenters. The van der Waals surface area contributed by atoms with E-state index in [0.29, 0.717) is 41.6 Å². The summed E-state index contributed by atoms with van der Waals surface area (Å²) in [6, 6.07) is 10.5. The van der Waals surface area contributed by atoms with Gasteiger partial charge in [0.2, 0.25) is 0 Å². The molecular formula is C17H19Cl2FNO2-. The molecule has 1 N–H and O–H groups in total. The molecule has 0 saturated heterocycles. The summed E-state index contributed by atoms with van der Waals surface area (Å²) in [5.74, 6) is 0.957. The summed E-state index contributed by atoms with van der Waals surface area (Å²) in [6.45, 7) is 1.29. The van der Waals surface area contributed by atoms with Gasteiger partial charge in [-0.25, -0.2) is 4.39 Å². The number of benzene rings is 2. The van der Waals surface area contributed by atoms with E-state index < -0.39 is 0 Å². The Hall–Kier alpha value is -1.49. The maximum absolute atomic E-state index is 13.5. The van der Waals surface area contributed by atoms with Crippen molar-refractivity contribution < 1.29 is 26.3 Å². The van der Waals surface area contributed by atoms with E-state index in [2.05, 4.69) is 5.32 Å². The van der Waals surface area contributed by atoms with E-state index in [-0.39, 0.29) is 18.2 Å². The number of hydrogen-bond donors (Lipinski definition) is 1. The molecule has 0 bridgehead atoms. The number of halogens is 3.